The van der Waals surface area contributed by atoms with Gasteiger partial charge < -0.3 is 0 Å². The van der Waals surface area contributed by atoms with Gasteiger partial charge in [-0.1, -0.05) is 8.58 Å². The molecule has 0 aromatic rings. The van der Waals surface area contributed by atoms with Gasteiger partial charge in [0.25, 0.3) is 6.43 Å². The van der Waals surface area contributed by atoms with E-state index < -0.39 is 11.9 Å². The van der Waals surface area contributed by atoms with Crippen LogP contribution in [0.15, 0.2) is 0 Å². The highest BCUT2D eigenvalue weighted by Crippen LogP contribution is 2.11. The monoisotopic (exact) mass is 125 g/mol. The molecule has 0 fully saturated rings. The van der Waals surface area contributed by atoms with Crippen LogP contribution in [0.4, 0.5) is 8.78 Å². The second-order valence-corrected chi connectivity index (χ2v) is 2.00. The first-order chi connectivity index (χ1) is 3.18. The van der Waals surface area contributed by atoms with E-state index in [9.17, 15) is 8.78 Å². The second kappa shape index (κ2) is 3.03. The van der Waals surface area contributed by atoms with E-state index in [4.69, 9.17) is 5.41 Å². The Labute approximate surface area is 42.4 Å². The Morgan fingerprint density at radius 1 is 1.71 bits per heavy atom. The number of halogens is 2. The summed E-state index contributed by atoms with van der Waals surface area (Å²) in [6.45, 7) is 1.56. The van der Waals surface area contributed by atoms with E-state index in [0.29, 0.717) is 0 Å². The van der Waals surface area contributed by atoms with Gasteiger partial charge in [0, 0.05) is 0 Å². The predicted octanol–water partition coefficient (Wildman–Crippen LogP) is 1.54. The summed E-state index contributed by atoms with van der Waals surface area (Å²) in [6.07, 6.45) is -2.54. The molecule has 1 atom stereocenters. The van der Waals surface area contributed by atoms with Crippen LogP contribution >= 0.6 is 8.58 Å². The van der Waals surface area contributed by atoms with E-state index >= 15 is 0 Å². The quantitative estimate of drug-likeness (QED) is 0.427. The van der Waals surface area contributed by atoms with E-state index in [2.05, 4.69) is 0 Å². The molecule has 0 bridgehead atoms. The first-order valence-electron chi connectivity index (χ1n) is 1.73. The fourth-order valence-corrected chi connectivity index (χ4v) is 0.327. The molecule has 0 saturated heterocycles. The average Bonchev–Trinajstić information content (AvgIpc) is 1.65. The van der Waals surface area contributed by atoms with Crippen LogP contribution in [-0.2, 0) is 0 Å². The second-order valence-electron chi connectivity index (χ2n) is 0.964. The van der Waals surface area contributed by atoms with Crippen LogP contribution in [0, 0.1) is 5.41 Å². The molecule has 0 aliphatic carbocycles. The highest BCUT2D eigenvalue weighted by atomic mass is 31.1. The highest BCUT2D eigenvalue weighted by molar-refractivity contribution is 7.57. The summed E-state index contributed by atoms with van der Waals surface area (Å²) in [5, 5.41) is 6.45. The van der Waals surface area contributed by atoms with E-state index in [-0.39, 0.29) is 8.58 Å². The van der Waals surface area contributed by atoms with Crippen molar-refractivity contribution >= 4 is 14.0 Å². The van der Waals surface area contributed by atoms with Crippen molar-refractivity contribution in [3.8, 4) is 0 Å². The van der Waals surface area contributed by atoms with Crippen LogP contribution in [-0.4, -0.2) is 18.5 Å². The molecule has 42 valence electrons. The van der Waals surface area contributed by atoms with Gasteiger partial charge in [0.2, 0.25) is 0 Å². The van der Waals surface area contributed by atoms with Gasteiger partial charge in [0.15, 0.2) is 0 Å². The highest BCUT2D eigenvalue weighted by Gasteiger charge is 2.05. The minimum absolute atomic E-state index is 0.0548. The zero-order valence-electron chi connectivity index (χ0n) is 3.83. The molecule has 0 amide bonds. The SMILES string of the molecule is CPC(=N)C(F)F. The molecule has 1 N–H and O–H groups in total. The molecular formula is C3H6F2NP. The lowest BCUT2D eigenvalue weighted by Gasteiger charge is -1.93. The van der Waals surface area contributed by atoms with Crippen LogP contribution in [0.5, 0.6) is 0 Å². The summed E-state index contributed by atoms with van der Waals surface area (Å²) < 4.78 is 22.4. The summed E-state index contributed by atoms with van der Waals surface area (Å²) in [5.74, 6) is 0. The van der Waals surface area contributed by atoms with Gasteiger partial charge in [-0.2, -0.15) is 0 Å². The third kappa shape index (κ3) is 2.63. The summed E-state index contributed by atoms with van der Waals surface area (Å²) in [6, 6.07) is 0. The Bertz CT molecular complexity index is 73.3. The van der Waals surface area contributed by atoms with E-state index in [1.54, 1.807) is 6.66 Å². The molecule has 4 heteroatoms. The van der Waals surface area contributed by atoms with Gasteiger partial charge in [-0.05, 0) is 6.66 Å². The van der Waals surface area contributed by atoms with Crippen LogP contribution in [0.2, 0.25) is 0 Å². The number of rotatable bonds is 2. The van der Waals surface area contributed by atoms with Crippen molar-refractivity contribution in [1.82, 2.24) is 0 Å². The van der Waals surface area contributed by atoms with Crippen molar-refractivity contribution in [1.29, 1.82) is 5.41 Å². The minimum atomic E-state index is -2.54. The van der Waals surface area contributed by atoms with Crippen molar-refractivity contribution in [2.75, 3.05) is 6.66 Å². The summed E-state index contributed by atoms with van der Waals surface area (Å²) in [4.78, 5) is 0. The van der Waals surface area contributed by atoms with Crippen LogP contribution in [0.3, 0.4) is 0 Å². The summed E-state index contributed by atoms with van der Waals surface area (Å²) in [7, 11) is -0.0548. The fraction of sp³-hybridized carbons (Fsp3) is 0.667. The van der Waals surface area contributed by atoms with Crippen molar-refractivity contribution in [2.24, 2.45) is 0 Å². The zero-order chi connectivity index (χ0) is 5.86. The number of hydrogen-bond donors (Lipinski definition) is 1. The molecule has 0 aromatic carbocycles. The average molecular weight is 125 g/mol. The smallest absolute Gasteiger partial charge is 0.279 e. The fourth-order valence-electron chi connectivity index (χ4n) is 0.109. The topological polar surface area (TPSA) is 23.9 Å². The maximum absolute atomic E-state index is 11.2. The molecule has 0 rings (SSSR count). The zero-order valence-corrected chi connectivity index (χ0v) is 4.83. The molecule has 0 saturated carbocycles. The Balaban J connectivity index is 3.35. The molecule has 1 nitrogen and oxygen atoms in total. The Morgan fingerprint density at radius 3 is 2.14 bits per heavy atom. The van der Waals surface area contributed by atoms with Gasteiger partial charge in [0.05, 0.1) is 5.45 Å². The predicted molar refractivity (Wildman–Crippen MR) is 28.0 cm³/mol. The van der Waals surface area contributed by atoms with E-state index in [0.717, 1.165) is 0 Å². The standard InChI is InChI=1S/C3H6F2NP/c1-7-3(6)2(4)5/h2,6-7H,1H3. The van der Waals surface area contributed by atoms with Crippen molar-refractivity contribution in [3.05, 3.63) is 0 Å². The lowest BCUT2D eigenvalue weighted by molar-refractivity contribution is 0.228. The van der Waals surface area contributed by atoms with Crippen molar-refractivity contribution in [3.63, 3.8) is 0 Å². The molecule has 0 aliphatic heterocycles. The molecular weight excluding hydrogens is 119 g/mol. The number of alkyl halides is 2. The molecule has 0 spiro atoms. The molecule has 1 unspecified atom stereocenters. The van der Waals surface area contributed by atoms with Crippen LogP contribution in [0.25, 0.3) is 0 Å². The Kier molecular flexibility index (Phi) is 3.01. The van der Waals surface area contributed by atoms with E-state index in [1.807, 2.05) is 0 Å². The van der Waals surface area contributed by atoms with Gasteiger partial charge in [-0.25, -0.2) is 8.78 Å². The normalized spacial score (nSPS) is 11.4. The van der Waals surface area contributed by atoms with Crippen molar-refractivity contribution < 1.29 is 8.78 Å². The van der Waals surface area contributed by atoms with Gasteiger partial charge in [-0.15, -0.1) is 0 Å². The first-order valence-corrected chi connectivity index (χ1v) is 3.23. The third-order valence-electron chi connectivity index (χ3n) is 0.488. The van der Waals surface area contributed by atoms with Gasteiger partial charge >= 0.3 is 0 Å². The lowest BCUT2D eigenvalue weighted by Crippen LogP contribution is -1.99. The lowest BCUT2D eigenvalue weighted by atomic mass is 10.8. The summed E-state index contributed by atoms with van der Waals surface area (Å²) in [5.41, 5.74) is -0.458. The van der Waals surface area contributed by atoms with Gasteiger partial charge in [0.1, 0.15) is 0 Å². The molecule has 0 heterocycles. The Morgan fingerprint density at radius 2 is 2.14 bits per heavy atom. The number of hydrogen-bond acceptors (Lipinski definition) is 1. The maximum Gasteiger partial charge on any atom is 0.279 e. The van der Waals surface area contributed by atoms with Gasteiger partial charge in [-0.3, -0.25) is 5.41 Å². The first kappa shape index (κ1) is 6.96. The largest absolute Gasteiger partial charge is 0.299 e. The minimum Gasteiger partial charge on any atom is -0.299 e. The van der Waals surface area contributed by atoms with Crippen molar-refractivity contribution in [2.45, 2.75) is 6.43 Å². The number of nitrogens with one attached hydrogen (secondary N) is 1. The molecule has 7 heavy (non-hydrogen) atoms. The molecule has 0 aromatic heterocycles. The molecule has 0 aliphatic rings. The summed E-state index contributed by atoms with van der Waals surface area (Å²) >= 11 is 0. The van der Waals surface area contributed by atoms with E-state index in [1.165, 1.54) is 0 Å². The van der Waals surface area contributed by atoms with Crippen LogP contribution < -0.4 is 0 Å². The third-order valence-corrected chi connectivity index (χ3v) is 1.24. The molecule has 0 radical (unpaired) electrons. The Hall–Kier alpha value is -0.0400. The van der Waals surface area contributed by atoms with Crippen LogP contribution in [0.1, 0.15) is 0 Å². The maximum atomic E-state index is 11.2.